The third kappa shape index (κ3) is 3.62. The summed E-state index contributed by atoms with van der Waals surface area (Å²) in [5.74, 6) is 0.830. The Morgan fingerprint density at radius 3 is 2.48 bits per heavy atom. The van der Waals surface area contributed by atoms with Gasteiger partial charge in [-0.3, -0.25) is 0 Å². The first-order valence-electron chi connectivity index (χ1n) is 8.34. The SMILES string of the molecule is O=c1ccc2cc(S(=O)(=O)N3CCN(c4ccc(Br)cn4)CC3)ccc2o1. The molecule has 3 heterocycles. The first kappa shape index (κ1) is 18.1. The van der Waals surface area contributed by atoms with Gasteiger partial charge in [-0.15, -0.1) is 0 Å². The van der Waals surface area contributed by atoms with E-state index in [-0.39, 0.29) is 4.90 Å². The summed E-state index contributed by atoms with van der Waals surface area (Å²) >= 11 is 3.36. The van der Waals surface area contributed by atoms with Crippen molar-refractivity contribution in [3.63, 3.8) is 0 Å². The molecule has 9 heteroatoms. The van der Waals surface area contributed by atoms with E-state index in [0.717, 1.165) is 10.3 Å². The number of aromatic nitrogens is 1. The lowest BCUT2D eigenvalue weighted by atomic mass is 10.2. The Morgan fingerprint density at radius 2 is 1.78 bits per heavy atom. The van der Waals surface area contributed by atoms with Gasteiger partial charge in [0, 0.05) is 48.3 Å². The summed E-state index contributed by atoms with van der Waals surface area (Å²) in [7, 11) is -3.62. The number of rotatable bonds is 3. The highest BCUT2D eigenvalue weighted by Crippen LogP contribution is 2.23. The van der Waals surface area contributed by atoms with Gasteiger partial charge < -0.3 is 9.32 Å². The van der Waals surface area contributed by atoms with Crippen molar-refractivity contribution in [1.29, 1.82) is 0 Å². The second-order valence-corrected chi connectivity index (χ2v) is 9.03. The summed E-state index contributed by atoms with van der Waals surface area (Å²) in [5.41, 5.74) is -0.0941. The van der Waals surface area contributed by atoms with E-state index in [2.05, 4.69) is 25.8 Å². The van der Waals surface area contributed by atoms with E-state index < -0.39 is 15.6 Å². The first-order chi connectivity index (χ1) is 12.9. The minimum Gasteiger partial charge on any atom is -0.423 e. The van der Waals surface area contributed by atoms with Crippen molar-refractivity contribution in [1.82, 2.24) is 9.29 Å². The van der Waals surface area contributed by atoms with Crippen LogP contribution in [-0.2, 0) is 10.0 Å². The molecule has 1 aromatic carbocycles. The molecule has 4 rings (SSSR count). The van der Waals surface area contributed by atoms with Crippen LogP contribution in [0.1, 0.15) is 0 Å². The van der Waals surface area contributed by atoms with Crippen LogP contribution in [0.5, 0.6) is 0 Å². The molecule has 3 aromatic rings. The molecule has 0 bridgehead atoms. The highest BCUT2D eigenvalue weighted by Gasteiger charge is 2.29. The molecule has 0 atom stereocenters. The van der Waals surface area contributed by atoms with Gasteiger partial charge >= 0.3 is 5.63 Å². The summed E-state index contributed by atoms with van der Waals surface area (Å²) in [6.07, 6.45) is 1.73. The van der Waals surface area contributed by atoms with E-state index >= 15 is 0 Å². The fraction of sp³-hybridized carbons (Fsp3) is 0.222. The van der Waals surface area contributed by atoms with Gasteiger partial charge in [-0.05, 0) is 52.3 Å². The van der Waals surface area contributed by atoms with Crippen LogP contribution in [0.3, 0.4) is 0 Å². The van der Waals surface area contributed by atoms with Gasteiger partial charge in [0.2, 0.25) is 10.0 Å². The zero-order valence-corrected chi connectivity index (χ0v) is 16.6. The summed E-state index contributed by atoms with van der Waals surface area (Å²) < 4.78 is 33.4. The Balaban J connectivity index is 1.54. The zero-order chi connectivity index (χ0) is 19.0. The second-order valence-electron chi connectivity index (χ2n) is 6.18. The molecule has 0 N–H and O–H groups in total. The van der Waals surface area contributed by atoms with E-state index in [1.165, 1.54) is 28.6 Å². The Labute approximate surface area is 164 Å². The van der Waals surface area contributed by atoms with Crippen molar-refractivity contribution in [2.24, 2.45) is 0 Å². The molecule has 0 spiro atoms. The molecule has 1 saturated heterocycles. The topological polar surface area (TPSA) is 83.7 Å². The van der Waals surface area contributed by atoms with E-state index in [1.54, 1.807) is 12.3 Å². The maximum atomic E-state index is 13.0. The number of halogens is 1. The van der Waals surface area contributed by atoms with E-state index in [0.29, 0.717) is 37.1 Å². The number of fused-ring (bicyclic) bond motifs is 1. The number of piperazine rings is 1. The van der Waals surface area contributed by atoms with E-state index in [9.17, 15) is 13.2 Å². The van der Waals surface area contributed by atoms with Crippen LogP contribution in [0.2, 0.25) is 0 Å². The summed E-state index contributed by atoms with van der Waals surface area (Å²) in [6, 6.07) is 11.2. The van der Waals surface area contributed by atoms with Gasteiger partial charge in [-0.1, -0.05) is 0 Å². The van der Waals surface area contributed by atoms with Crippen LogP contribution in [-0.4, -0.2) is 43.9 Å². The van der Waals surface area contributed by atoms with Gasteiger partial charge in [-0.25, -0.2) is 18.2 Å². The molecule has 0 saturated carbocycles. The van der Waals surface area contributed by atoms with Gasteiger partial charge in [0.25, 0.3) is 0 Å². The third-order valence-corrected chi connectivity index (χ3v) is 6.87. The predicted molar refractivity (Wildman–Crippen MR) is 105 cm³/mol. The number of benzene rings is 1. The largest absolute Gasteiger partial charge is 0.423 e. The second kappa shape index (κ2) is 7.06. The van der Waals surface area contributed by atoms with Crippen molar-refractivity contribution < 1.29 is 12.8 Å². The molecular formula is C18H16BrN3O4S. The van der Waals surface area contributed by atoms with Crippen molar-refractivity contribution in [3.8, 4) is 0 Å². The van der Waals surface area contributed by atoms with E-state index in [1.807, 2.05) is 12.1 Å². The molecule has 140 valence electrons. The molecule has 27 heavy (non-hydrogen) atoms. The van der Waals surface area contributed by atoms with Gasteiger partial charge in [0.1, 0.15) is 11.4 Å². The Bertz CT molecular complexity index is 1140. The smallest absolute Gasteiger partial charge is 0.336 e. The fourth-order valence-electron chi connectivity index (χ4n) is 3.07. The highest BCUT2D eigenvalue weighted by atomic mass is 79.9. The van der Waals surface area contributed by atoms with Gasteiger partial charge in [0.15, 0.2) is 0 Å². The van der Waals surface area contributed by atoms with Crippen LogP contribution >= 0.6 is 15.9 Å². The lowest BCUT2D eigenvalue weighted by Crippen LogP contribution is -2.48. The lowest BCUT2D eigenvalue weighted by molar-refractivity contribution is 0.384. The molecule has 1 aliphatic rings. The molecule has 2 aromatic heterocycles. The molecule has 0 amide bonds. The Morgan fingerprint density at radius 1 is 1.00 bits per heavy atom. The normalized spacial score (nSPS) is 16.0. The average Bonchev–Trinajstić information content (AvgIpc) is 2.68. The molecule has 1 aliphatic heterocycles. The number of sulfonamides is 1. The minimum absolute atomic E-state index is 0.194. The number of hydrogen-bond donors (Lipinski definition) is 0. The Kier molecular flexibility index (Phi) is 4.75. The summed E-state index contributed by atoms with van der Waals surface area (Å²) in [4.78, 5) is 17.9. The Hall–Kier alpha value is -2.23. The molecule has 0 radical (unpaired) electrons. The molecule has 0 aliphatic carbocycles. The molecular weight excluding hydrogens is 434 g/mol. The third-order valence-electron chi connectivity index (χ3n) is 4.50. The fourth-order valence-corrected chi connectivity index (χ4v) is 4.76. The summed E-state index contributed by atoms with van der Waals surface area (Å²) in [5, 5.41) is 0.577. The van der Waals surface area contributed by atoms with Gasteiger partial charge in [0.05, 0.1) is 4.90 Å². The quantitative estimate of drug-likeness (QED) is 0.571. The van der Waals surface area contributed by atoms with Crippen LogP contribution in [0.25, 0.3) is 11.0 Å². The number of pyridine rings is 1. The number of hydrogen-bond acceptors (Lipinski definition) is 6. The number of nitrogens with zero attached hydrogens (tertiary/aromatic N) is 3. The zero-order valence-electron chi connectivity index (χ0n) is 14.2. The van der Waals surface area contributed by atoms with Gasteiger partial charge in [-0.2, -0.15) is 4.31 Å². The van der Waals surface area contributed by atoms with Crippen LogP contribution in [0.15, 0.2) is 67.2 Å². The standard InChI is InChI=1S/C18H16BrN3O4S/c19-14-2-5-17(20-12-14)21-7-9-22(10-8-21)27(24,25)15-3-4-16-13(11-15)1-6-18(23)26-16/h1-6,11-12H,7-10H2. The minimum atomic E-state index is -3.62. The molecule has 0 unspecified atom stereocenters. The molecule has 7 nitrogen and oxygen atoms in total. The van der Waals surface area contributed by atoms with Crippen LogP contribution < -0.4 is 10.5 Å². The summed E-state index contributed by atoms with van der Waals surface area (Å²) in [6.45, 7) is 1.89. The van der Waals surface area contributed by atoms with E-state index in [4.69, 9.17) is 4.42 Å². The molecule has 1 fully saturated rings. The van der Waals surface area contributed by atoms with Crippen LogP contribution in [0.4, 0.5) is 5.82 Å². The van der Waals surface area contributed by atoms with Crippen molar-refractivity contribution in [2.45, 2.75) is 4.90 Å². The monoisotopic (exact) mass is 449 g/mol. The number of anilines is 1. The maximum Gasteiger partial charge on any atom is 0.336 e. The van der Waals surface area contributed by atoms with Crippen molar-refractivity contribution in [3.05, 3.63) is 63.6 Å². The van der Waals surface area contributed by atoms with Crippen molar-refractivity contribution in [2.75, 3.05) is 31.1 Å². The van der Waals surface area contributed by atoms with Crippen molar-refractivity contribution >= 4 is 42.7 Å². The first-order valence-corrected chi connectivity index (χ1v) is 10.6. The predicted octanol–water partition coefficient (Wildman–Crippen LogP) is 2.46. The lowest BCUT2D eigenvalue weighted by Gasteiger charge is -2.34. The maximum absolute atomic E-state index is 13.0. The highest BCUT2D eigenvalue weighted by molar-refractivity contribution is 9.10. The van der Waals surface area contributed by atoms with Crippen LogP contribution in [0, 0.1) is 0 Å². The average molecular weight is 450 g/mol.